The molecule has 76 valence electrons. The summed E-state index contributed by atoms with van der Waals surface area (Å²) in [6.45, 7) is 5.21. The van der Waals surface area contributed by atoms with Gasteiger partial charge in [-0.1, -0.05) is 43.8 Å². The first kappa shape index (κ1) is 11.3. The van der Waals surface area contributed by atoms with Crippen LogP contribution in [0.15, 0.2) is 42.7 Å². The highest BCUT2D eigenvalue weighted by molar-refractivity contribution is 6.24. The molecular formula is C12H14ClF. The molecule has 0 N–H and O–H groups in total. The summed E-state index contributed by atoms with van der Waals surface area (Å²) in [5.74, 6) is -0.370. The minimum atomic E-state index is -0.646. The fraction of sp³-hybridized carbons (Fsp3) is 0.333. The van der Waals surface area contributed by atoms with Crippen LogP contribution in [0.4, 0.5) is 4.39 Å². The van der Waals surface area contributed by atoms with Crippen molar-refractivity contribution in [1.82, 2.24) is 0 Å². The predicted molar refractivity (Wildman–Crippen MR) is 59.1 cm³/mol. The van der Waals surface area contributed by atoms with Gasteiger partial charge in [0.05, 0.1) is 10.7 Å². The van der Waals surface area contributed by atoms with Crippen LogP contribution in [0.3, 0.4) is 0 Å². The Balaban J connectivity index is 2.95. The highest BCUT2D eigenvalue weighted by atomic mass is 35.5. The molecule has 0 aromatic heterocycles. The van der Waals surface area contributed by atoms with E-state index in [1.165, 1.54) is 0 Å². The maximum atomic E-state index is 12.8. The topological polar surface area (TPSA) is 0 Å². The van der Waals surface area contributed by atoms with E-state index in [1.54, 1.807) is 0 Å². The van der Waals surface area contributed by atoms with E-state index < -0.39 is 4.87 Å². The van der Waals surface area contributed by atoms with E-state index in [0.29, 0.717) is 6.42 Å². The largest absolute Gasteiger partial charge is 0.212 e. The molecule has 1 unspecified atom stereocenters. The molecule has 14 heavy (non-hydrogen) atoms. The zero-order valence-corrected chi connectivity index (χ0v) is 9.02. The number of allylic oxidation sites excluding steroid dienone is 1. The zero-order valence-electron chi connectivity index (χ0n) is 8.26. The Kier molecular flexibility index (Phi) is 3.70. The standard InChI is InChI=1S/C12H14ClF/c1-3-12(13,9-10(2)14)11-7-5-4-6-8-11/h4-8H,2-3,9H2,1H3. The Bertz CT molecular complexity index is 307. The molecule has 0 bridgehead atoms. The van der Waals surface area contributed by atoms with Crippen molar-refractivity contribution in [3.63, 3.8) is 0 Å². The monoisotopic (exact) mass is 212 g/mol. The van der Waals surface area contributed by atoms with Crippen LogP contribution >= 0.6 is 11.6 Å². The molecule has 2 heteroatoms. The van der Waals surface area contributed by atoms with Gasteiger partial charge in [0.1, 0.15) is 0 Å². The normalized spacial score (nSPS) is 14.8. The van der Waals surface area contributed by atoms with Crippen molar-refractivity contribution < 1.29 is 4.39 Å². The average Bonchev–Trinajstić information content (AvgIpc) is 2.18. The predicted octanol–water partition coefficient (Wildman–Crippen LogP) is 4.40. The first-order valence-corrected chi connectivity index (χ1v) is 5.04. The van der Waals surface area contributed by atoms with Gasteiger partial charge in [0.15, 0.2) is 0 Å². The Hall–Kier alpha value is -0.820. The third kappa shape index (κ3) is 2.58. The summed E-state index contributed by atoms with van der Waals surface area (Å²) in [7, 11) is 0. The Labute approximate surface area is 89.4 Å². The fourth-order valence-corrected chi connectivity index (χ4v) is 1.74. The van der Waals surface area contributed by atoms with Crippen LogP contribution < -0.4 is 0 Å². The lowest BCUT2D eigenvalue weighted by molar-refractivity contribution is 0.494. The molecule has 0 fully saturated rings. The van der Waals surface area contributed by atoms with Crippen molar-refractivity contribution in [2.45, 2.75) is 24.6 Å². The molecule has 1 rings (SSSR count). The molecule has 0 saturated heterocycles. The Morgan fingerprint density at radius 2 is 2.00 bits per heavy atom. The van der Waals surface area contributed by atoms with Gasteiger partial charge in [-0.15, -0.1) is 11.6 Å². The van der Waals surface area contributed by atoms with Gasteiger partial charge in [-0.25, -0.2) is 4.39 Å². The summed E-state index contributed by atoms with van der Waals surface area (Å²) >= 11 is 6.34. The molecule has 1 atom stereocenters. The Morgan fingerprint density at radius 3 is 2.43 bits per heavy atom. The van der Waals surface area contributed by atoms with Crippen molar-refractivity contribution in [3.05, 3.63) is 48.3 Å². The molecule has 1 aromatic rings. The van der Waals surface area contributed by atoms with Crippen molar-refractivity contribution >= 4 is 11.6 Å². The molecule has 0 nitrogen and oxygen atoms in total. The molecule has 0 radical (unpaired) electrons. The fourth-order valence-electron chi connectivity index (χ4n) is 1.47. The third-order valence-corrected chi connectivity index (χ3v) is 2.94. The van der Waals surface area contributed by atoms with E-state index in [1.807, 2.05) is 37.3 Å². The quantitative estimate of drug-likeness (QED) is 0.649. The minimum Gasteiger partial charge on any atom is -0.212 e. The third-order valence-electron chi connectivity index (χ3n) is 2.32. The Morgan fingerprint density at radius 1 is 1.43 bits per heavy atom. The van der Waals surface area contributed by atoms with Crippen molar-refractivity contribution in [1.29, 1.82) is 0 Å². The van der Waals surface area contributed by atoms with Crippen LogP contribution in [-0.4, -0.2) is 0 Å². The van der Waals surface area contributed by atoms with Gasteiger partial charge in [0.2, 0.25) is 0 Å². The lowest BCUT2D eigenvalue weighted by atomic mass is 9.92. The lowest BCUT2D eigenvalue weighted by Gasteiger charge is -2.25. The maximum Gasteiger partial charge on any atom is 0.0949 e. The van der Waals surface area contributed by atoms with Crippen LogP contribution in [0, 0.1) is 0 Å². The smallest absolute Gasteiger partial charge is 0.0949 e. The van der Waals surface area contributed by atoms with Gasteiger partial charge < -0.3 is 0 Å². The summed E-state index contributed by atoms with van der Waals surface area (Å²) in [5, 5.41) is 0. The van der Waals surface area contributed by atoms with Crippen molar-refractivity contribution in [2.24, 2.45) is 0 Å². The van der Waals surface area contributed by atoms with E-state index >= 15 is 0 Å². The first-order chi connectivity index (χ1) is 6.58. The summed E-state index contributed by atoms with van der Waals surface area (Å²) in [6, 6.07) is 9.56. The summed E-state index contributed by atoms with van der Waals surface area (Å²) in [6.07, 6.45) is 0.858. The van der Waals surface area contributed by atoms with Crippen LogP contribution in [0.25, 0.3) is 0 Å². The molecule has 0 saturated carbocycles. The van der Waals surface area contributed by atoms with Crippen molar-refractivity contribution in [2.75, 3.05) is 0 Å². The van der Waals surface area contributed by atoms with Crippen LogP contribution in [0.2, 0.25) is 0 Å². The first-order valence-electron chi connectivity index (χ1n) is 4.66. The molecule has 0 aliphatic carbocycles. The minimum absolute atomic E-state index is 0.176. The zero-order chi connectivity index (χ0) is 10.6. The van der Waals surface area contributed by atoms with Crippen molar-refractivity contribution in [3.8, 4) is 0 Å². The second-order valence-electron chi connectivity index (χ2n) is 3.38. The number of benzene rings is 1. The van der Waals surface area contributed by atoms with Crippen LogP contribution in [-0.2, 0) is 4.87 Å². The average molecular weight is 213 g/mol. The SMILES string of the molecule is C=C(F)CC(Cl)(CC)c1ccccc1. The van der Waals surface area contributed by atoms with Crippen LogP contribution in [0.5, 0.6) is 0 Å². The molecule has 0 spiro atoms. The van der Waals surface area contributed by atoms with Gasteiger partial charge in [0, 0.05) is 6.42 Å². The van der Waals surface area contributed by atoms with E-state index in [-0.39, 0.29) is 12.2 Å². The van der Waals surface area contributed by atoms with E-state index in [4.69, 9.17) is 11.6 Å². The second kappa shape index (κ2) is 4.61. The second-order valence-corrected chi connectivity index (χ2v) is 4.10. The van der Waals surface area contributed by atoms with E-state index in [0.717, 1.165) is 5.56 Å². The summed E-state index contributed by atoms with van der Waals surface area (Å²) in [4.78, 5) is -0.646. The molecule has 0 amide bonds. The van der Waals surface area contributed by atoms with E-state index in [9.17, 15) is 4.39 Å². The van der Waals surface area contributed by atoms with E-state index in [2.05, 4.69) is 6.58 Å². The number of alkyl halides is 1. The molecule has 0 heterocycles. The summed E-state index contributed by atoms with van der Waals surface area (Å²) in [5.41, 5.74) is 0.947. The van der Waals surface area contributed by atoms with Gasteiger partial charge in [-0.2, -0.15) is 0 Å². The highest BCUT2D eigenvalue weighted by Crippen LogP contribution is 2.38. The maximum absolute atomic E-state index is 12.8. The lowest BCUT2D eigenvalue weighted by Crippen LogP contribution is -2.17. The van der Waals surface area contributed by atoms with Crippen LogP contribution in [0.1, 0.15) is 25.3 Å². The number of halogens is 2. The molecule has 1 aromatic carbocycles. The van der Waals surface area contributed by atoms with Gasteiger partial charge >= 0.3 is 0 Å². The number of hydrogen-bond donors (Lipinski definition) is 0. The van der Waals surface area contributed by atoms with Gasteiger partial charge in [-0.3, -0.25) is 0 Å². The molecule has 0 aliphatic rings. The highest BCUT2D eigenvalue weighted by Gasteiger charge is 2.28. The molecule has 0 aliphatic heterocycles. The number of rotatable bonds is 4. The van der Waals surface area contributed by atoms with Gasteiger partial charge in [-0.05, 0) is 12.0 Å². The number of hydrogen-bond acceptors (Lipinski definition) is 0. The summed E-state index contributed by atoms with van der Waals surface area (Å²) < 4.78 is 12.8. The van der Waals surface area contributed by atoms with Gasteiger partial charge in [0.25, 0.3) is 0 Å². The molecular weight excluding hydrogens is 199 g/mol.